The topological polar surface area (TPSA) is 79.3 Å². The molecule has 1 amide bonds. The average molecular weight is 329 g/mol. The highest BCUT2D eigenvalue weighted by Gasteiger charge is 2.17. The first kappa shape index (κ1) is 15.2. The number of carboxylic acids is 1. The molecule has 21 heavy (non-hydrogen) atoms. The third-order valence-electron chi connectivity index (χ3n) is 2.49. The maximum Gasteiger partial charge on any atom is 0.337 e. The van der Waals surface area contributed by atoms with Gasteiger partial charge >= 0.3 is 5.97 Å². The highest BCUT2D eigenvalue weighted by atomic mass is 35.5. The third kappa shape index (κ3) is 3.48. The molecule has 1 aromatic heterocycles. The van der Waals surface area contributed by atoms with Crippen molar-refractivity contribution in [2.45, 2.75) is 0 Å². The molecule has 0 saturated carbocycles. The van der Waals surface area contributed by atoms with Crippen molar-refractivity contribution in [2.24, 2.45) is 0 Å². The van der Waals surface area contributed by atoms with Gasteiger partial charge in [0.1, 0.15) is 16.7 Å². The van der Waals surface area contributed by atoms with E-state index in [1.807, 2.05) is 0 Å². The summed E-state index contributed by atoms with van der Waals surface area (Å²) >= 11 is 11.5. The minimum Gasteiger partial charge on any atom is -0.478 e. The summed E-state index contributed by atoms with van der Waals surface area (Å²) in [6.45, 7) is 0. The Labute approximate surface area is 128 Å². The van der Waals surface area contributed by atoms with Gasteiger partial charge in [-0.25, -0.2) is 14.2 Å². The Hall–Kier alpha value is -2.18. The van der Waals surface area contributed by atoms with E-state index in [0.717, 1.165) is 18.2 Å². The van der Waals surface area contributed by atoms with E-state index in [-0.39, 0.29) is 27.1 Å². The monoisotopic (exact) mass is 328 g/mol. The zero-order chi connectivity index (χ0) is 15.6. The molecule has 0 aliphatic rings. The van der Waals surface area contributed by atoms with Gasteiger partial charge in [-0.05, 0) is 30.3 Å². The maximum atomic E-state index is 13.2. The van der Waals surface area contributed by atoms with E-state index in [1.54, 1.807) is 0 Å². The normalized spacial score (nSPS) is 10.2. The van der Waals surface area contributed by atoms with Crippen LogP contribution in [0.1, 0.15) is 20.8 Å². The summed E-state index contributed by atoms with van der Waals surface area (Å²) < 4.78 is 13.2. The average Bonchev–Trinajstić information content (AvgIpc) is 2.41. The quantitative estimate of drug-likeness (QED) is 0.845. The molecule has 1 heterocycles. The van der Waals surface area contributed by atoms with E-state index < -0.39 is 17.7 Å². The standard InChI is InChI=1S/C13H7Cl2FN2O3/c14-8-3-4-10(15)18-11(8)12(19)17-9-5-6(16)1-2-7(9)13(20)21/h1-5H,(H,17,19)(H,20,21). The van der Waals surface area contributed by atoms with Gasteiger partial charge in [0.05, 0.1) is 16.3 Å². The highest BCUT2D eigenvalue weighted by molar-refractivity contribution is 6.35. The van der Waals surface area contributed by atoms with Crippen molar-refractivity contribution in [1.82, 2.24) is 4.98 Å². The lowest BCUT2D eigenvalue weighted by Crippen LogP contribution is -2.17. The Balaban J connectivity index is 2.38. The number of carbonyl (C=O) groups is 2. The Morgan fingerprint density at radius 3 is 2.57 bits per heavy atom. The van der Waals surface area contributed by atoms with Gasteiger partial charge in [-0.1, -0.05) is 23.2 Å². The Morgan fingerprint density at radius 2 is 1.90 bits per heavy atom. The molecule has 5 nitrogen and oxygen atoms in total. The second-order valence-electron chi connectivity index (χ2n) is 3.91. The van der Waals surface area contributed by atoms with Crippen molar-refractivity contribution in [3.63, 3.8) is 0 Å². The minimum absolute atomic E-state index is 0.0326. The van der Waals surface area contributed by atoms with Gasteiger partial charge in [0.15, 0.2) is 0 Å². The molecule has 2 aromatic rings. The minimum atomic E-state index is -1.31. The van der Waals surface area contributed by atoms with Crippen molar-refractivity contribution in [3.05, 3.63) is 57.6 Å². The number of halogens is 3. The number of hydrogen-bond acceptors (Lipinski definition) is 3. The molecule has 0 spiro atoms. The van der Waals surface area contributed by atoms with Crippen LogP contribution in [-0.2, 0) is 0 Å². The van der Waals surface area contributed by atoms with Gasteiger partial charge in [-0.3, -0.25) is 4.79 Å². The molecule has 0 unspecified atom stereocenters. The van der Waals surface area contributed by atoms with E-state index in [0.29, 0.717) is 0 Å². The smallest absolute Gasteiger partial charge is 0.337 e. The third-order valence-corrected chi connectivity index (χ3v) is 3.00. The first-order valence-electron chi connectivity index (χ1n) is 5.54. The predicted octanol–water partition coefficient (Wildman–Crippen LogP) is 3.48. The molecule has 8 heteroatoms. The molecule has 1 aromatic carbocycles. The fourth-order valence-electron chi connectivity index (χ4n) is 1.57. The predicted molar refractivity (Wildman–Crippen MR) is 75.6 cm³/mol. The molecular weight excluding hydrogens is 322 g/mol. The Bertz CT molecular complexity index is 737. The van der Waals surface area contributed by atoms with Gasteiger partial charge in [0.2, 0.25) is 0 Å². The molecule has 108 valence electrons. The lowest BCUT2D eigenvalue weighted by atomic mass is 10.1. The number of benzene rings is 1. The number of aromatic carboxylic acids is 1. The number of nitrogens with one attached hydrogen (secondary N) is 1. The molecule has 0 atom stereocenters. The zero-order valence-electron chi connectivity index (χ0n) is 10.2. The van der Waals surface area contributed by atoms with Crippen LogP contribution in [-0.4, -0.2) is 22.0 Å². The molecule has 0 radical (unpaired) electrons. The number of amides is 1. The summed E-state index contributed by atoms with van der Waals surface area (Å²) in [6, 6.07) is 5.67. The second-order valence-corrected chi connectivity index (χ2v) is 4.71. The van der Waals surface area contributed by atoms with Crippen molar-refractivity contribution >= 4 is 40.8 Å². The SMILES string of the molecule is O=C(O)c1ccc(F)cc1NC(=O)c1nc(Cl)ccc1Cl. The van der Waals surface area contributed by atoms with Crippen LogP contribution in [0.5, 0.6) is 0 Å². The van der Waals surface area contributed by atoms with Crippen LogP contribution >= 0.6 is 23.2 Å². The number of pyridine rings is 1. The number of anilines is 1. The number of carbonyl (C=O) groups excluding carboxylic acids is 1. The lowest BCUT2D eigenvalue weighted by Gasteiger charge is -2.09. The number of nitrogens with zero attached hydrogens (tertiary/aromatic N) is 1. The van der Waals surface area contributed by atoms with E-state index in [2.05, 4.69) is 10.3 Å². The van der Waals surface area contributed by atoms with E-state index in [4.69, 9.17) is 28.3 Å². The van der Waals surface area contributed by atoms with Crippen LogP contribution in [0.3, 0.4) is 0 Å². The fourth-order valence-corrected chi connectivity index (χ4v) is 1.90. The first-order valence-corrected chi connectivity index (χ1v) is 6.30. The van der Waals surface area contributed by atoms with E-state index in [1.165, 1.54) is 12.1 Å². The number of aromatic nitrogens is 1. The van der Waals surface area contributed by atoms with Crippen LogP contribution < -0.4 is 5.32 Å². The molecule has 0 fully saturated rings. The van der Waals surface area contributed by atoms with Gasteiger partial charge in [-0.2, -0.15) is 0 Å². The van der Waals surface area contributed by atoms with Crippen molar-refractivity contribution < 1.29 is 19.1 Å². The summed E-state index contributed by atoms with van der Waals surface area (Å²) in [6.07, 6.45) is 0. The van der Waals surface area contributed by atoms with Crippen molar-refractivity contribution in [3.8, 4) is 0 Å². The number of rotatable bonds is 3. The van der Waals surface area contributed by atoms with Gasteiger partial charge < -0.3 is 10.4 Å². The molecule has 0 saturated heterocycles. The van der Waals surface area contributed by atoms with Crippen LogP contribution in [0, 0.1) is 5.82 Å². The van der Waals surface area contributed by atoms with E-state index >= 15 is 0 Å². The van der Waals surface area contributed by atoms with Crippen LogP contribution in [0.4, 0.5) is 10.1 Å². The molecular formula is C13H7Cl2FN2O3. The van der Waals surface area contributed by atoms with Crippen molar-refractivity contribution in [2.75, 3.05) is 5.32 Å². The summed E-state index contributed by atoms with van der Waals surface area (Å²) in [5, 5.41) is 11.3. The highest BCUT2D eigenvalue weighted by Crippen LogP contribution is 2.21. The Morgan fingerprint density at radius 1 is 1.19 bits per heavy atom. The summed E-state index contributed by atoms with van der Waals surface area (Å²) in [5.41, 5.74) is -0.655. The molecule has 0 bridgehead atoms. The van der Waals surface area contributed by atoms with Crippen LogP contribution in [0.15, 0.2) is 30.3 Å². The van der Waals surface area contributed by atoms with Crippen LogP contribution in [0.2, 0.25) is 10.2 Å². The lowest BCUT2D eigenvalue weighted by molar-refractivity contribution is 0.0698. The van der Waals surface area contributed by atoms with Gasteiger partial charge in [0.25, 0.3) is 5.91 Å². The molecule has 0 aliphatic carbocycles. The van der Waals surface area contributed by atoms with Crippen LogP contribution in [0.25, 0.3) is 0 Å². The number of hydrogen-bond donors (Lipinski definition) is 2. The maximum absolute atomic E-state index is 13.2. The number of carboxylic acid groups (broad SMARTS) is 1. The summed E-state index contributed by atoms with van der Waals surface area (Å²) in [7, 11) is 0. The fraction of sp³-hybridized carbons (Fsp3) is 0. The molecule has 2 rings (SSSR count). The Kier molecular flexibility index (Phi) is 4.40. The van der Waals surface area contributed by atoms with Gasteiger partial charge in [0, 0.05) is 0 Å². The summed E-state index contributed by atoms with van der Waals surface area (Å²) in [4.78, 5) is 26.8. The van der Waals surface area contributed by atoms with E-state index in [9.17, 15) is 14.0 Å². The van der Waals surface area contributed by atoms with Crippen molar-refractivity contribution in [1.29, 1.82) is 0 Å². The van der Waals surface area contributed by atoms with Gasteiger partial charge in [-0.15, -0.1) is 0 Å². The summed E-state index contributed by atoms with van der Waals surface area (Å²) in [5.74, 6) is -2.80. The zero-order valence-corrected chi connectivity index (χ0v) is 11.7. The molecule has 0 aliphatic heterocycles. The molecule has 2 N–H and O–H groups in total. The second kappa shape index (κ2) is 6.07. The first-order chi connectivity index (χ1) is 9.88. The largest absolute Gasteiger partial charge is 0.478 e.